The second-order valence-electron chi connectivity index (χ2n) is 5.89. The Morgan fingerprint density at radius 2 is 2.30 bits per heavy atom. The first-order valence-electron chi connectivity index (χ1n) is 7.32. The lowest BCUT2D eigenvalue weighted by Crippen LogP contribution is -2.47. The van der Waals surface area contributed by atoms with Crippen LogP contribution >= 0.6 is 0 Å². The Balaban J connectivity index is 1.73. The maximum absolute atomic E-state index is 11.8. The quantitative estimate of drug-likeness (QED) is 0.793. The second kappa shape index (κ2) is 6.79. The van der Waals surface area contributed by atoms with Gasteiger partial charge in [0.2, 0.25) is 0 Å². The molecule has 0 saturated heterocycles. The van der Waals surface area contributed by atoms with Gasteiger partial charge in [-0.15, -0.1) is 0 Å². The standard InChI is InChI=1S/C15H24N2O3/c1-10-5-6-12(11(2)8-10)17-15(19)16-9-13(18)14-4-3-7-20-14/h3-4,7,10-13,18H,5-6,8-9H2,1-2H3,(H2,16,17,19). The van der Waals surface area contributed by atoms with Gasteiger partial charge in [0.25, 0.3) is 0 Å². The summed E-state index contributed by atoms with van der Waals surface area (Å²) >= 11 is 0. The molecule has 1 saturated carbocycles. The van der Waals surface area contributed by atoms with Gasteiger partial charge in [0.1, 0.15) is 11.9 Å². The Labute approximate surface area is 119 Å². The van der Waals surface area contributed by atoms with Crippen molar-refractivity contribution >= 4 is 6.03 Å². The van der Waals surface area contributed by atoms with Crippen molar-refractivity contribution in [3.8, 4) is 0 Å². The molecule has 4 unspecified atom stereocenters. The van der Waals surface area contributed by atoms with E-state index in [1.54, 1.807) is 12.1 Å². The van der Waals surface area contributed by atoms with Crippen LogP contribution in [0.4, 0.5) is 4.79 Å². The number of amides is 2. The average Bonchev–Trinajstić information content (AvgIpc) is 2.93. The van der Waals surface area contributed by atoms with Gasteiger partial charge in [-0.1, -0.05) is 13.8 Å². The minimum Gasteiger partial charge on any atom is -0.467 e. The average molecular weight is 280 g/mol. The summed E-state index contributed by atoms with van der Waals surface area (Å²) in [5.74, 6) is 1.71. The molecule has 2 rings (SSSR count). The summed E-state index contributed by atoms with van der Waals surface area (Å²) in [6.07, 6.45) is 4.03. The number of hydrogen-bond acceptors (Lipinski definition) is 3. The maximum atomic E-state index is 11.8. The summed E-state index contributed by atoms with van der Waals surface area (Å²) in [4.78, 5) is 11.8. The van der Waals surface area contributed by atoms with Crippen LogP contribution in [0.2, 0.25) is 0 Å². The predicted octanol–water partition coefficient (Wildman–Crippen LogP) is 2.44. The number of nitrogens with one attached hydrogen (secondary N) is 2. The highest BCUT2D eigenvalue weighted by Gasteiger charge is 2.26. The minimum absolute atomic E-state index is 0.150. The summed E-state index contributed by atoms with van der Waals surface area (Å²) in [7, 11) is 0. The van der Waals surface area contributed by atoms with E-state index >= 15 is 0 Å². The normalized spacial score (nSPS) is 27.9. The molecule has 5 nitrogen and oxygen atoms in total. The molecule has 112 valence electrons. The van der Waals surface area contributed by atoms with Crippen molar-refractivity contribution in [2.24, 2.45) is 11.8 Å². The van der Waals surface area contributed by atoms with Gasteiger partial charge in [-0.3, -0.25) is 0 Å². The van der Waals surface area contributed by atoms with E-state index in [0.717, 1.165) is 25.2 Å². The molecule has 1 heterocycles. The Morgan fingerprint density at radius 3 is 2.95 bits per heavy atom. The highest BCUT2D eigenvalue weighted by atomic mass is 16.4. The van der Waals surface area contributed by atoms with E-state index < -0.39 is 6.10 Å². The number of urea groups is 1. The number of aliphatic hydroxyl groups is 1. The van der Waals surface area contributed by atoms with Crippen LogP contribution in [0.25, 0.3) is 0 Å². The Bertz CT molecular complexity index is 419. The van der Waals surface area contributed by atoms with E-state index in [1.807, 2.05) is 0 Å². The SMILES string of the molecule is CC1CCC(NC(=O)NCC(O)c2ccco2)C(C)C1. The zero-order valence-electron chi connectivity index (χ0n) is 12.1. The van der Waals surface area contributed by atoms with Crippen LogP contribution in [0.15, 0.2) is 22.8 Å². The van der Waals surface area contributed by atoms with Crippen molar-refractivity contribution in [2.45, 2.75) is 45.3 Å². The fourth-order valence-electron chi connectivity index (χ4n) is 2.87. The molecular weight excluding hydrogens is 256 g/mol. The topological polar surface area (TPSA) is 74.5 Å². The van der Waals surface area contributed by atoms with Crippen molar-refractivity contribution in [1.82, 2.24) is 10.6 Å². The molecule has 4 atom stereocenters. The van der Waals surface area contributed by atoms with Crippen LogP contribution < -0.4 is 10.6 Å². The van der Waals surface area contributed by atoms with Crippen LogP contribution in [-0.4, -0.2) is 23.7 Å². The molecule has 20 heavy (non-hydrogen) atoms. The molecule has 5 heteroatoms. The Hall–Kier alpha value is -1.49. The Kier molecular flexibility index (Phi) is 5.06. The van der Waals surface area contributed by atoms with E-state index in [-0.39, 0.29) is 18.6 Å². The van der Waals surface area contributed by atoms with Gasteiger partial charge in [-0.25, -0.2) is 4.79 Å². The molecule has 1 aliphatic rings. The largest absolute Gasteiger partial charge is 0.467 e. The third-order valence-electron chi connectivity index (χ3n) is 4.08. The van der Waals surface area contributed by atoms with E-state index in [1.165, 1.54) is 6.26 Å². The van der Waals surface area contributed by atoms with Crippen molar-refractivity contribution in [3.63, 3.8) is 0 Å². The summed E-state index contributed by atoms with van der Waals surface area (Å²) in [6.45, 7) is 4.58. The van der Waals surface area contributed by atoms with Gasteiger partial charge in [0, 0.05) is 6.04 Å². The molecule has 1 aliphatic carbocycles. The fraction of sp³-hybridized carbons (Fsp3) is 0.667. The van der Waals surface area contributed by atoms with E-state index in [0.29, 0.717) is 11.7 Å². The van der Waals surface area contributed by atoms with E-state index in [9.17, 15) is 9.90 Å². The molecular formula is C15H24N2O3. The lowest BCUT2D eigenvalue weighted by atomic mass is 9.80. The van der Waals surface area contributed by atoms with E-state index in [4.69, 9.17) is 4.42 Å². The van der Waals surface area contributed by atoms with Crippen LogP contribution in [0.3, 0.4) is 0 Å². The first-order chi connectivity index (χ1) is 9.56. The van der Waals surface area contributed by atoms with E-state index in [2.05, 4.69) is 24.5 Å². The predicted molar refractivity (Wildman–Crippen MR) is 76.2 cm³/mol. The monoisotopic (exact) mass is 280 g/mol. The molecule has 1 aromatic rings. The molecule has 0 spiro atoms. The lowest BCUT2D eigenvalue weighted by Gasteiger charge is -2.33. The van der Waals surface area contributed by atoms with Crippen molar-refractivity contribution in [3.05, 3.63) is 24.2 Å². The summed E-state index contributed by atoms with van der Waals surface area (Å²) in [5.41, 5.74) is 0. The number of carbonyl (C=O) groups is 1. The fourth-order valence-corrected chi connectivity index (χ4v) is 2.87. The number of hydrogen-bond donors (Lipinski definition) is 3. The van der Waals surface area contributed by atoms with Crippen molar-refractivity contribution in [2.75, 3.05) is 6.54 Å². The minimum atomic E-state index is -0.806. The smallest absolute Gasteiger partial charge is 0.315 e. The van der Waals surface area contributed by atoms with Crippen molar-refractivity contribution in [1.29, 1.82) is 0 Å². The molecule has 0 aliphatic heterocycles. The lowest BCUT2D eigenvalue weighted by molar-refractivity contribution is 0.146. The molecule has 1 fully saturated rings. The zero-order valence-corrected chi connectivity index (χ0v) is 12.1. The van der Waals surface area contributed by atoms with Gasteiger partial charge < -0.3 is 20.2 Å². The molecule has 1 aromatic heterocycles. The van der Waals surface area contributed by atoms with Gasteiger partial charge in [-0.05, 0) is 43.2 Å². The first kappa shape index (κ1) is 14.9. The number of aliphatic hydroxyl groups excluding tert-OH is 1. The molecule has 0 bridgehead atoms. The summed E-state index contributed by atoms with van der Waals surface area (Å²) < 4.78 is 5.08. The van der Waals surface area contributed by atoms with Gasteiger partial charge in [-0.2, -0.15) is 0 Å². The molecule has 0 radical (unpaired) electrons. The highest BCUT2D eigenvalue weighted by Crippen LogP contribution is 2.28. The van der Waals surface area contributed by atoms with Crippen LogP contribution in [0.5, 0.6) is 0 Å². The van der Waals surface area contributed by atoms with Gasteiger partial charge >= 0.3 is 6.03 Å². The van der Waals surface area contributed by atoms with Gasteiger partial charge in [0.05, 0.1) is 12.8 Å². The highest BCUT2D eigenvalue weighted by molar-refractivity contribution is 5.74. The molecule has 3 N–H and O–H groups in total. The second-order valence-corrected chi connectivity index (χ2v) is 5.89. The molecule has 2 amide bonds. The maximum Gasteiger partial charge on any atom is 0.315 e. The third kappa shape index (κ3) is 4.00. The van der Waals surface area contributed by atoms with Gasteiger partial charge in [0.15, 0.2) is 0 Å². The van der Waals surface area contributed by atoms with Crippen LogP contribution in [0.1, 0.15) is 45.0 Å². The number of carbonyl (C=O) groups excluding carboxylic acids is 1. The van der Waals surface area contributed by atoms with Crippen molar-refractivity contribution < 1.29 is 14.3 Å². The zero-order chi connectivity index (χ0) is 14.5. The van der Waals surface area contributed by atoms with Crippen LogP contribution in [0, 0.1) is 11.8 Å². The Morgan fingerprint density at radius 1 is 1.50 bits per heavy atom. The summed E-state index contributed by atoms with van der Waals surface area (Å²) in [6, 6.07) is 3.41. The van der Waals surface area contributed by atoms with Crippen LogP contribution in [-0.2, 0) is 0 Å². The third-order valence-corrected chi connectivity index (χ3v) is 4.08. The first-order valence-corrected chi connectivity index (χ1v) is 7.32. The summed E-state index contributed by atoms with van der Waals surface area (Å²) in [5, 5.41) is 15.5. The number of rotatable bonds is 4. The molecule has 0 aromatic carbocycles. The number of furan rings is 1.